The van der Waals surface area contributed by atoms with E-state index in [4.69, 9.17) is 0 Å². The zero-order valence-corrected chi connectivity index (χ0v) is 14.3. The van der Waals surface area contributed by atoms with Gasteiger partial charge in [-0.1, -0.05) is 36.4 Å². The molecular formula is C21H12N2O5. The Morgan fingerprint density at radius 3 is 2.07 bits per heavy atom. The van der Waals surface area contributed by atoms with Crippen LogP contribution in [0, 0.1) is 10.1 Å². The van der Waals surface area contributed by atoms with Crippen molar-refractivity contribution in [3.8, 4) is 0 Å². The average molecular weight is 372 g/mol. The fraction of sp³-hybridized carbons (Fsp3) is 0. The lowest BCUT2D eigenvalue weighted by Gasteiger charge is -2.20. The SMILES string of the molecule is O=C(Nc1cccc2c1C(=O)c1cccc([N+](=O)[O-])c1C2=O)c1ccccc1. The summed E-state index contributed by atoms with van der Waals surface area (Å²) in [5.41, 5.74) is -0.0557. The van der Waals surface area contributed by atoms with Gasteiger partial charge in [-0.15, -0.1) is 0 Å². The Kier molecular flexibility index (Phi) is 4.04. The Morgan fingerprint density at radius 1 is 0.786 bits per heavy atom. The average Bonchev–Trinajstić information content (AvgIpc) is 2.72. The second-order valence-corrected chi connectivity index (χ2v) is 6.16. The highest BCUT2D eigenvalue weighted by molar-refractivity contribution is 6.32. The molecule has 0 saturated heterocycles. The number of amides is 1. The van der Waals surface area contributed by atoms with Gasteiger partial charge in [-0.3, -0.25) is 24.5 Å². The topological polar surface area (TPSA) is 106 Å². The summed E-state index contributed by atoms with van der Waals surface area (Å²) < 4.78 is 0. The molecule has 28 heavy (non-hydrogen) atoms. The van der Waals surface area contributed by atoms with Crippen molar-refractivity contribution >= 4 is 28.8 Å². The number of anilines is 1. The van der Waals surface area contributed by atoms with E-state index in [1.807, 2.05) is 0 Å². The molecule has 1 aliphatic rings. The molecule has 7 heteroatoms. The van der Waals surface area contributed by atoms with E-state index >= 15 is 0 Å². The van der Waals surface area contributed by atoms with E-state index in [1.165, 1.54) is 36.4 Å². The first-order valence-corrected chi connectivity index (χ1v) is 8.35. The normalized spacial score (nSPS) is 12.1. The molecule has 1 aliphatic carbocycles. The number of rotatable bonds is 3. The predicted octanol–water partition coefficient (Wildman–Crippen LogP) is 3.62. The monoisotopic (exact) mass is 372 g/mol. The summed E-state index contributed by atoms with van der Waals surface area (Å²) in [6.45, 7) is 0. The summed E-state index contributed by atoms with van der Waals surface area (Å²) in [6.07, 6.45) is 0. The van der Waals surface area contributed by atoms with Gasteiger partial charge >= 0.3 is 0 Å². The smallest absolute Gasteiger partial charge is 0.281 e. The molecule has 0 unspecified atom stereocenters. The first kappa shape index (κ1) is 17.3. The Hall–Kier alpha value is -4.13. The maximum atomic E-state index is 13.0. The number of carbonyl (C=O) groups is 3. The first-order chi connectivity index (χ1) is 13.5. The van der Waals surface area contributed by atoms with Crippen LogP contribution in [-0.4, -0.2) is 22.4 Å². The number of ketones is 2. The Bertz CT molecular complexity index is 1170. The van der Waals surface area contributed by atoms with Crippen LogP contribution in [0.1, 0.15) is 42.2 Å². The maximum Gasteiger partial charge on any atom is 0.281 e. The molecule has 7 nitrogen and oxygen atoms in total. The zero-order chi connectivity index (χ0) is 19.8. The van der Waals surface area contributed by atoms with Crippen molar-refractivity contribution in [3.63, 3.8) is 0 Å². The Morgan fingerprint density at radius 2 is 1.39 bits per heavy atom. The molecule has 0 atom stereocenters. The fourth-order valence-corrected chi connectivity index (χ4v) is 3.26. The van der Waals surface area contributed by atoms with Gasteiger partial charge in [-0.2, -0.15) is 0 Å². The molecule has 0 radical (unpaired) electrons. The van der Waals surface area contributed by atoms with Gasteiger partial charge < -0.3 is 5.32 Å². The van der Waals surface area contributed by atoms with Crippen LogP contribution in [0.4, 0.5) is 11.4 Å². The number of hydrogen-bond donors (Lipinski definition) is 1. The summed E-state index contributed by atoms with van der Waals surface area (Å²) in [4.78, 5) is 49.0. The van der Waals surface area contributed by atoms with Crippen molar-refractivity contribution in [2.45, 2.75) is 0 Å². The lowest BCUT2D eigenvalue weighted by molar-refractivity contribution is -0.385. The molecule has 3 aromatic carbocycles. The van der Waals surface area contributed by atoms with Crippen LogP contribution in [0.15, 0.2) is 66.7 Å². The summed E-state index contributed by atoms with van der Waals surface area (Å²) in [5, 5.41) is 14.0. The molecule has 0 fully saturated rings. The molecule has 0 spiro atoms. The number of nitro benzene ring substituents is 1. The molecule has 136 valence electrons. The number of nitrogens with one attached hydrogen (secondary N) is 1. The molecule has 0 aliphatic heterocycles. The van der Waals surface area contributed by atoms with E-state index in [9.17, 15) is 24.5 Å². The van der Waals surface area contributed by atoms with Crippen molar-refractivity contribution in [2.24, 2.45) is 0 Å². The van der Waals surface area contributed by atoms with Gasteiger partial charge in [0, 0.05) is 22.8 Å². The van der Waals surface area contributed by atoms with Crippen molar-refractivity contribution in [1.29, 1.82) is 0 Å². The van der Waals surface area contributed by atoms with Gasteiger partial charge in [0.2, 0.25) is 5.78 Å². The van der Waals surface area contributed by atoms with E-state index in [0.717, 1.165) is 0 Å². The molecule has 4 rings (SSSR count). The number of carbonyl (C=O) groups excluding carboxylic acids is 3. The molecule has 0 saturated carbocycles. The third-order valence-corrected chi connectivity index (χ3v) is 4.53. The van der Waals surface area contributed by atoms with Gasteiger partial charge in [0.1, 0.15) is 5.56 Å². The second-order valence-electron chi connectivity index (χ2n) is 6.16. The molecule has 0 aromatic heterocycles. The second kappa shape index (κ2) is 6.55. The highest BCUT2D eigenvalue weighted by Gasteiger charge is 2.36. The number of nitrogens with zero attached hydrogens (tertiary/aromatic N) is 1. The highest BCUT2D eigenvalue weighted by atomic mass is 16.6. The van der Waals surface area contributed by atoms with E-state index < -0.39 is 28.1 Å². The van der Waals surface area contributed by atoms with E-state index in [0.29, 0.717) is 5.56 Å². The van der Waals surface area contributed by atoms with Crippen LogP contribution in [0.25, 0.3) is 0 Å². The number of fused-ring (bicyclic) bond motifs is 2. The quantitative estimate of drug-likeness (QED) is 0.437. The Labute approximate surface area is 158 Å². The minimum absolute atomic E-state index is 0.0256. The van der Waals surface area contributed by atoms with Crippen molar-refractivity contribution < 1.29 is 19.3 Å². The van der Waals surface area contributed by atoms with Crippen LogP contribution >= 0.6 is 0 Å². The van der Waals surface area contributed by atoms with Crippen molar-refractivity contribution in [1.82, 2.24) is 0 Å². The molecule has 0 bridgehead atoms. The highest BCUT2D eigenvalue weighted by Crippen LogP contribution is 2.36. The van der Waals surface area contributed by atoms with Crippen molar-refractivity contribution in [3.05, 3.63) is 105 Å². The maximum absolute atomic E-state index is 13.0. The minimum Gasteiger partial charge on any atom is -0.321 e. The molecule has 3 aromatic rings. The summed E-state index contributed by atoms with van der Waals surface area (Å²) in [7, 11) is 0. The molecule has 1 amide bonds. The van der Waals surface area contributed by atoms with Crippen LogP contribution < -0.4 is 5.32 Å². The third kappa shape index (κ3) is 2.66. The molecule has 0 heterocycles. The van der Waals surface area contributed by atoms with Gasteiger partial charge in [0.15, 0.2) is 5.78 Å². The third-order valence-electron chi connectivity index (χ3n) is 4.53. The Balaban J connectivity index is 1.82. The van der Waals surface area contributed by atoms with Crippen LogP contribution in [0.2, 0.25) is 0 Å². The predicted molar refractivity (Wildman–Crippen MR) is 101 cm³/mol. The van der Waals surface area contributed by atoms with Gasteiger partial charge in [0.25, 0.3) is 11.6 Å². The lowest BCUT2D eigenvalue weighted by Crippen LogP contribution is -2.24. The minimum atomic E-state index is -0.684. The van der Waals surface area contributed by atoms with E-state index in [1.54, 1.807) is 30.3 Å². The van der Waals surface area contributed by atoms with Crippen LogP contribution in [0.5, 0.6) is 0 Å². The van der Waals surface area contributed by atoms with Gasteiger partial charge in [-0.05, 0) is 24.3 Å². The summed E-state index contributed by atoms with van der Waals surface area (Å²) >= 11 is 0. The largest absolute Gasteiger partial charge is 0.321 e. The van der Waals surface area contributed by atoms with Crippen LogP contribution in [-0.2, 0) is 0 Å². The summed E-state index contributed by atoms with van der Waals surface area (Å²) in [6, 6.07) is 16.8. The number of benzene rings is 3. The van der Waals surface area contributed by atoms with E-state index in [2.05, 4.69) is 5.32 Å². The van der Waals surface area contributed by atoms with Crippen LogP contribution in [0.3, 0.4) is 0 Å². The number of nitro groups is 1. The van der Waals surface area contributed by atoms with Crippen molar-refractivity contribution in [2.75, 3.05) is 5.32 Å². The first-order valence-electron chi connectivity index (χ1n) is 8.35. The zero-order valence-electron chi connectivity index (χ0n) is 14.3. The number of hydrogen-bond acceptors (Lipinski definition) is 5. The summed E-state index contributed by atoms with van der Waals surface area (Å²) in [5.74, 6) is -1.59. The fourth-order valence-electron chi connectivity index (χ4n) is 3.26. The lowest BCUT2D eigenvalue weighted by atomic mass is 9.82. The standard InChI is InChI=1S/C21H12N2O5/c24-19-14-9-5-11-16(23(27)28)18(14)20(25)13-8-4-10-15(17(13)19)22-21(26)12-6-2-1-3-7-12/h1-11H,(H,22,26). The molecule has 1 N–H and O–H groups in total. The van der Waals surface area contributed by atoms with Gasteiger partial charge in [0.05, 0.1) is 16.2 Å². The molecular weight excluding hydrogens is 360 g/mol. The van der Waals surface area contributed by atoms with Gasteiger partial charge in [-0.25, -0.2) is 0 Å². The van der Waals surface area contributed by atoms with E-state index in [-0.39, 0.29) is 27.9 Å².